The minimum absolute atomic E-state index is 0.0108. The van der Waals surface area contributed by atoms with E-state index in [1.165, 1.54) is 0 Å². The molecule has 0 aliphatic carbocycles. The number of aliphatic hydroxyl groups is 1. The van der Waals surface area contributed by atoms with Crippen LogP contribution >= 0.6 is 0 Å². The maximum absolute atomic E-state index is 11.3. The highest BCUT2D eigenvalue weighted by Crippen LogP contribution is 1.93. The second-order valence-electron chi connectivity index (χ2n) is 3.33. The summed E-state index contributed by atoms with van der Waals surface area (Å²) in [7, 11) is 0. The monoisotopic (exact) mass is 233 g/mol. The summed E-state index contributed by atoms with van der Waals surface area (Å²) in [5, 5.41) is 19.6. The van der Waals surface area contributed by atoms with Crippen molar-refractivity contribution in [2.45, 2.75) is 32.2 Å². The molecule has 6 nitrogen and oxygen atoms in total. The van der Waals surface area contributed by atoms with Gasteiger partial charge in [-0.15, -0.1) is 0 Å². The lowest BCUT2D eigenvalue weighted by atomic mass is 10.2. The molecule has 0 aromatic carbocycles. The van der Waals surface area contributed by atoms with Gasteiger partial charge in [-0.25, -0.2) is 4.79 Å². The van der Waals surface area contributed by atoms with Crippen molar-refractivity contribution in [3.8, 4) is 0 Å². The smallest absolute Gasteiger partial charge is 0.326 e. The molecule has 0 unspecified atom stereocenters. The Morgan fingerprint density at radius 1 is 1.38 bits per heavy atom. The van der Waals surface area contributed by atoms with Gasteiger partial charge in [-0.05, 0) is 6.42 Å². The van der Waals surface area contributed by atoms with Gasteiger partial charge in [0.2, 0.25) is 5.91 Å². The molecule has 1 amide bonds. The van der Waals surface area contributed by atoms with Crippen LogP contribution in [0.5, 0.6) is 0 Å². The molecule has 0 rings (SSSR count). The molecule has 3 N–H and O–H groups in total. The van der Waals surface area contributed by atoms with Crippen LogP contribution in [-0.4, -0.2) is 48.0 Å². The van der Waals surface area contributed by atoms with Crippen LogP contribution in [0.2, 0.25) is 0 Å². The van der Waals surface area contributed by atoms with Crippen LogP contribution < -0.4 is 5.32 Å². The van der Waals surface area contributed by atoms with E-state index in [1.54, 1.807) is 0 Å². The van der Waals surface area contributed by atoms with Gasteiger partial charge in [0.25, 0.3) is 0 Å². The number of aliphatic hydroxyl groups excluding tert-OH is 1. The lowest BCUT2D eigenvalue weighted by molar-refractivity contribution is -0.142. The summed E-state index contributed by atoms with van der Waals surface area (Å²) in [4.78, 5) is 21.9. The zero-order valence-corrected chi connectivity index (χ0v) is 9.44. The highest BCUT2D eigenvalue weighted by molar-refractivity contribution is 5.83. The summed E-state index contributed by atoms with van der Waals surface area (Å²) in [6.07, 6.45) is 1.02. The SMILES string of the molecule is CCCOCCC(=O)N[C@H](CCO)C(=O)O. The summed E-state index contributed by atoms with van der Waals surface area (Å²) in [5.41, 5.74) is 0. The second kappa shape index (κ2) is 9.11. The third-order valence-corrected chi connectivity index (χ3v) is 1.87. The number of carboxylic acid groups (broad SMARTS) is 1. The molecule has 0 radical (unpaired) electrons. The summed E-state index contributed by atoms with van der Waals surface area (Å²) in [6, 6.07) is -1.02. The van der Waals surface area contributed by atoms with Crippen LogP contribution in [0.4, 0.5) is 0 Å². The number of nitrogens with one attached hydrogen (secondary N) is 1. The number of hydrogen-bond acceptors (Lipinski definition) is 4. The van der Waals surface area contributed by atoms with Gasteiger partial charge in [-0.2, -0.15) is 0 Å². The van der Waals surface area contributed by atoms with E-state index in [0.717, 1.165) is 6.42 Å². The number of carboxylic acids is 1. The van der Waals surface area contributed by atoms with Gasteiger partial charge in [0, 0.05) is 26.1 Å². The third-order valence-electron chi connectivity index (χ3n) is 1.87. The largest absolute Gasteiger partial charge is 0.480 e. The fourth-order valence-corrected chi connectivity index (χ4v) is 1.06. The number of rotatable bonds is 9. The Labute approximate surface area is 94.6 Å². The van der Waals surface area contributed by atoms with Crippen molar-refractivity contribution in [1.29, 1.82) is 0 Å². The number of carbonyl (C=O) groups is 2. The van der Waals surface area contributed by atoms with Gasteiger partial charge in [0.1, 0.15) is 6.04 Å². The summed E-state index contributed by atoms with van der Waals surface area (Å²) < 4.78 is 5.10. The van der Waals surface area contributed by atoms with Gasteiger partial charge in [0.05, 0.1) is 6.61 Å². The average Bonchev–Trinajstić information content (AvgIpc) is 2.23. The number of amides is 1. The fraction of sp³-hybridized carbons (Fsp3) is 0.800. The van der Waals surface area contributed by atoms with Crippen LogP contribution in [0.1, 0.15) is 26.2 Å². The molecule has 0 heterocycles. The van der Waals surface area contributed by atoms with Crippen molar-refractivity contribution in [3.63, 3.8) is 0 Å². The van der Waals surface area contributed by atoms with Gasteiger partial charge in [0.15, 0.2) is 0 Å². The molecule has 0 aromatic heterocycles. The zero-order chi connectivity index (χ0) is 12.4. The number of carbonyl (C=O) groups excluding carboxylic acids is 1. The fourth-order valence-electron chi connectivity index (χ4n) is 1.06. The Morgan fingerprint density at radius 3 is 2.56 bits per heavy atom. The maximum Gasteiger partial charge on any atom is 0.326 e. The quantitative estimate of drug-likeness (QED) is 0.477. The van der Waals surface area contributed by atoms with Crippen molar-refractivity contribution >= 4 is 11.9 Å². The van der Waals surface area contributed by atoms with Crippen molar-refractivity contribution in [2.75, 3.05) is 19.8 Å². The van der Waals surface area contributed by atoms with Crippen molar-refractivity contribution in [2.24, 2.45) is 0 Å². The van der Waals surface area contributed by atoms with E-state index in [9.17, 15) is 9.59 Å². The van der Waals surface area contributed by atoms with E-state index in [-0.39, 0.29) is 32.0 Å². The average molecular weight is 233 g/mol. The van der Waals surface area contributed by atoms with Crippen molar-refractivity contribution in [1.82, 2.24) is 5.32 Å². The molecule has 94 valence electrons. The first-order valence-corrected chi connectivity index (χ1v) is 5.32. The van der Waals surface area contributed by atoms with E-state index in [2.05, 4.69) is 5.32 Å². The molecule has 0 aliphatic heterocycles. The van der Waals surface area contributed by atoms with Crippen LogP contribution in [0, 0.1) is 0 Å². The Bertz CT molecular complexity index is 219. The van der Waals surface area contributed by atoms with Gasteiger partial charge < -0.3 is 20.3 Å². The molecule has 0 aliphatic rings. The molecule has 0 bridgehead atoms. The Morgan fingerprint density at radius 2 is 2.06 bits per heavy atom. The standard InChI is InChI=1S/C10H19NO5/c1-2-6-16-7-4-9(13)11-8(3-5-12)10(14)15/h8,12H,2-7H2,1H3,(H,11,13)(H,14,15)/t8-/m1/s1. The molecule has 6 heteroatoms. The molecule has 0 fully saturated rings. The van der Waals surface area contributed by atoms with E-state index in [4.69, 9.17) is 14.9 Å². The minimum Gasteiger partial charge on any atom is -0.480 e. The van der Waals surface area contributed by atoms with Crippen LogP contribution in [0.3, 0.4) is 0 Å². The number of hydrogen-bond donors (Lipinski definition) is 3. The van der Waals surface area contributed by atoms with Crippen molar-refractivity contribution in [3.05, 3.63) is 0 Å². The van der Waals surface area contributed by atoms with E-state index < -0.39 is 12.0 Å². The lowest BCUT2D eigenvalue weighted by Crippen LogP contribution is -2.41. The Balaban J connectivity index is 3.77. The molecule has 0 aromatic rings. The molecule has 1 atom stereocenters. The molecule has 0 saturated heterocycles. The van der Waals surface area contributed by atoms with E-state index >= 15 is 0 Å². The van der Waals surface area contributed by atoms with Crippen molar-refractivity contribution < 1.29 is 24.5 Å². The first kappa shape index (κ1) is 14.9. The summed E-state index contributed by atoms with van der Waals surface area (Å²) in [5.74, 6) is -1.52. The van der Waals surface area contributed by atoms with Crippen LogP contribution in [0.25, 0.3) is 0 Å². The Hall–Kier alpha value is -1.14. The van der Waals surface area contributed by atoms with Gasteiger partial charge in [-0.3, -0.25) is 4.79 Å². The predicted molar refractivity (Wildman–Crippen MR) is 57.0 cm³/mol. The summed E-state index contributed by atoms with van der Waals surface area (Å²) >= 11 is 0. The van der Waals surface area contributed by atoms with Gasteiger partial charge in [-0.1, -0.05) is 6.92 Å². The molecular weight excluding hydrogens is 214 g/mol. The van der Waals surface area contributed by atoms with Gasteiger partial charge >= 0.3 is 5.97 Å². The summed E-state index contributed by atoms with van der Waals surface area (Å²) in [6.45, 7) is 2.56. The minimum atomic E-state index is -1.14. The molecule has 0 spiro atoms. The predicted octanol–water partition coefficient (Wildman–Crippen LogP) is -0.245. The molecule has 16 heavy (non-hydrogen) atoms. The second-order valence-corrected chi connectivity index (χ2v) is 3.33. The first-order valence-electron chi connectivity index (χ1n) is 5.32. The lowest BCUT2D eigenvalue weighted by Gasteiger charge is -2.12. The van der Waals surface area contributed by atoms with E-state index in [1.807, 2.05) is 6.92 Å². The number of ether oxygens (including phenoxy) is 1. The highest BCUT2D eigenvalue weighted by Gasteiger charge is 2.18. The molecular formula is C10H19NO5. The molecule has 0 saturated carbocycles. The van der Waals surface area contributed by atoms with Crippen LogP contribution in [0.15, 0.2) is 0 Å². The van der Waals surface area contributed by atoms with Crippen LogP contribution in [-0.2, 0) is 14.3 Å². The topological polar surface area (TPSA) is 95.9 Å². The first-order chi connectivity index (χ1) is 7.61. The zero-order valence-electron chi connectivity index (χ0n) is 9.44. The van der Waals surface area contributed by atoms with E-state index in [0.29, 0.717) is 6.61 Å². The highest BCUT2D eigenvalue weighted by atomic mass is 16.5. The normalized spacial score (nSPS) is 12.1. The Kier molecular flexibility index (Phi) is 8.46. The third kappa shape index (κ3) is 7.19. The number of aliphatic carboxylic acids is 1. The maximum atomic E-state index is 11.3.